The Kier molecular flexibility index (Phi) is 9.24. The molecule has 3 aromatic rings. The van der Waals surface area contributed by atoms with E-state index in [2.05, 4.69) is 11.9 Å². The fraction of sp³-hybridized carbons (Fsp3) is 0.172. The molecule has 0 spiro atoms. The summed E-state index contributed by atoms with van der Waals surface area (Å²) in [7, 11) is 3.10. The Balaban J connectivity index is 1.80. The first-order chi connectivity index (χ1) is 17.5. The van der Waals surface area contributed by atoms with Crippen LogP contribution in [0.3, 0.4) is 0 Å². The maximum atomic E-state index is 13.2. The van der Waals surface area contributed by atoms with Crippen molar-refractivity contribution in [2.45, 2.75) is 19.6 Å². The lowest BCUT2D eigenvalue weighted by Crippen LogP contribution is -2.23. The largest absolute Gasteiger partial charge is 0.497 e. The fourth-order valence-electron chi connectivity index (χ4n) is 3.46. The molecule has 0 fully saturated rings. The Morgan fingerprint density at radius 2 is 1.75 bits per heavy atom. The van der Waals surface area contributed by atoms with E-state index in [1.165, 1.54) is 25.3 Å². The van der Waals surface area contributed by atoms with Crippen LogP contribution < -0.4 is 19.5 Å². The molecule has 0 aliphatic rings. The summed E-state index contributed by atoms with van der Waals surface area (Å²) < 4.78 is 29.9. The van der Waals surface area contributed by atoms with Gasteiger partial charge in [0.15, 0.2) is 11.5 Å². The molecule has 0 radical (unpaired) electrons. The molecule has 0 aliphatic heterocycles. The molecule has 3 aromatic carbocycles. The molecule has 0 aliphatic carbocycles. The van der Waals surface area contributed by atoms with E-state index in [4.69, 9.17) is 14.2 Å². The first-order valence-electron chi connectivity index (χ1n) is 11.2. The molecule has 184 valence electrons. The lowest BCUT2D eigenvalue weighted by Gasteiger charge is -2.16. The van der Waals surface area contributed by atoms with Crippen molar-refractivity contribution in [1.82, 2.24) is 5.32 Å². The van der Waals surface area contributed by atoms with Gasteiger partial charge in [-0.3, -0.25) is 4.79 Å². The second kappa shape index (κ2) is 12.8. The highest BCUT2D eigenvalue weighted by Gasteiger charge is 2.15. The van der Waals surface area contributed by atoms with Crippen LogP contribution in [0.25, 0.3) is 6.08 Å². The van der Waals surface area contributed by atoms with E-state index < -0.39 is 5.91 Å². The van der Waals surface area contributed by atoms with Gasteiger partial charge in [-0.05, 0) is 65.6 Å². The van der Waals surface area contributed by atoms with Crippen LogP contribution >= 0.6 is 0 Å². The van der Waals surface area contributed by atoms with Gasteiger partial charge in [-0.25, -0.2) is 4.39 Å². The van der Waals surface area contributed by atoms with Gasteiger partial charge in [0, 0.05) is 12.1 Å². The molecule has 0 saturated heterocycles. The number of allylic oxidation sites excluding steroid dienone is 1. The van der Waals surface area contributed by atoms with Gasteiger partial charge < -0.3 is 19.5 Å². The van der Waals surface area contributed by atoms with Crippen LogP contribution in [0.5, 0.6) is 17.2 Å². The topological polar surface area (TPSA) is 80.6 Å². The number of hydrogen-bond acceptors (Lipinski definition) is 5. The van der Waals surface area contributed by atoms with E-state index in [-0.39, 0.29) is 24.5 Å². The molecule has 7 heteroatoms. The summed E-state index contributed by atoms with van der Waals surface area (Å²) >= 11 is 0. The van der Waals surface area contributed by atoms with E-state index in [0.29, 0.717) is 23.5 Å². The molecule has 1 amide bonds. The molecule has 0 aromatic heterocycles. The van der Waals surface area contributed by atoms with Gasteiger partial charge >= 0.3 is 0 Å². The zero-order valence-corrected chi connectivity index (χ0v) is 20.2. The van der Waals surface area contributed by atoms with Crippen molar-refractivity contribution in [1.29, 1.82) is 5.26 Å². The van der Waals surface area contributed by atoms with Gasteiger partial charge in [0.1, 0.15) is 29.8 Å². The summed E-state index contributed by atoms with van der Waals surface area (Å²) in [6, 6.07) is 18.8. The SMILES string of the molecule is C=CCc1cc(/C=C(/C#N)C(=O)NCc2ccc(OC)cc2)cc(OC)c1OCc1ccc(F)cc1. The van der Waals surface area contributed by atoms with Crippen molar-refractivity contribution < 1.29 is 23.4 Å². The van der Waals surface area contributed by atoms with E-state index in [1.807, 2.05) is 24.3 Å². The smallest absolute Gasteiger partial charge is 0.262 e. The Bertz CT molecular complexity index is 1280. The Hall–Kier alpha value is -4.57. The van der Waals surface area contributed by atoms with Gasteiger partial charge in [0.25, 0.3) is 5.91 Å². The first kappa shape index (κ1) is 26.0. The van der Waals surface area contributed by atoms with Crippen molar-refractivity contribution >= 4 is 12.0 Å². The predicted octanol–water partition coefficient (Wildman–Crippen LogP) is 5.37. The average Bonchev–Trinajstić information content (AvgIpc) is 2.90. The minimum Gasteiger partial charge on any atom is -0.497 e. The summed E-state index contributed by atoms with van der Waals surface area (Å²) in [5.74, 6) is 0.868. The number of nitrogens with zero attached hydrogens (tertiary/aromatic N) is 1. The highest BCUT2D eigenvalue weighted by Crippen LogP contribution is 2.35. The number of carbonyl (C=O) groups is 1. The van der Waals surface area contributed by atoms with Gasteiger partial charge in [-0.1, -0.05) is 30.3 Å². The van der Waals surface area contributed by atoms with Crippen LogP contribution in [0.1, 0.15) is 22.3 Å². The van der Waals surface area contributed by atoms with Crippen LogP contribution in [-0.4, -0.2) is 20.1 Å². The monoisotopic (exact) mass is 486 g/mol. The second-order valence-corrected chi connectivity index (χ2v) is 7.82. The van der Waals surface area contributed by atoms with Gasteiger partial charge in [0.2, 0.25) is 0 Å². The van der Waals surface area contributed by atoms with Crippen molar-refractivity contribution in [3.05, 3.63) is 107 Å². The highest BCUT2D eigenvalue weighted by molar-refractivity contribution is 6.01. The van der Waals surface area contributed by atoms with Crippen molar-refractivity contribution in [2.75, 3.05) is 14.2 Å². The molecule has 0 saturated carbocycles. The maximum absolute atomic E-state index is 13.2. The van der Waals surface area contributed by atoms with Gasteiger partial charge in [0.05, 0.1) is 14.2 Å². The number of nitrogens with one attached hydrogen (secondary N) is 1. The van der Waals surface area contributed by atoms with E-state index in [1.54, 1.807) is 43.5 Å². The van der Waals surface area contributed by atoms with Crippen LogP contribution in [0.15, 0.2) is 78.9 Å². The van der Waals surface area contributed by atoms with Crippen LogP contribution in [0.2, 0.25) is 0 Å². The van der Waals surface area contributed by atoms with E-state index in [0.717, 1.165) is 22.4 Å². The number of methoxy groups -OCH3 is 2. The number of hydrogen-bond donors (Lipinski definition) is 1. The fourth-order valence-corrected chi connectivity index (χ4v) is 3.46. The summed E-state index contributed by atoms with van der Waals surface area (Å²) in [6.07, 6.45) is 3.70. The highest BCUT2D eigenvalue weighted by atomic mass is 19.1. The molecule has 36 heavy (non-hydrogen) atoms. The number of carbonyl (C=O) groups excluding carboxylic acids is 1. The minimum atomic E-state index is -0.491. The number of halogens is 1. The molecule has 1 N–H and O–H groups in total. The average molecular weight is 487 g/mol. The van der Waals surface area contributed by atoms with Crippen molar-refractivity contribution in [3.63, 3.8) is 0 Å². The van der Waals surface area contributed by atoms with Crippen molar-refractivity contribution in [2.24, 2.45) is 0 Å². The zero-order valence-electron chi connectivity index (χ0n) is 20.2. The molecule has 0 heterocycles. The maximum Gasteiger partial charge on any atom is 0.262 e. The molecular weight excluding hydrogens is 459 g/mol. The lowest BCUT2D eigenvalue weighted by atomic mass is 10.0. The third kappa shape index (κ3) is 6.97. The molecule has 0 bridgehead atoms. The van der Waals surface area contributed by atoms with Crippen LogP contribution in [0, 0.1) is 17.1 Å². The van der Waals surface area contributed by atoms with Crippen LogP contribution in [0.4, 0.5) is 4.39 Å². The Morgan fingerprint density at radius 1 is 1.06 bits per heavy atom. The normalized spacial score (nSPS) is 10.8. The summed E-state index contributed by atoms with van der Waals surface area (Å²) in [6.45, 7) is 4.28. The first-order valence-corrected chi connectivity index (χ1v) is 11.2. The molecular formula is C29H27FN2O4. The molecule has 3 rings (SSSR count). The van der Waals surface area contributed by atoms with E-state index in [9.17, 15) is 14.4 Å². The number of amides is 1. The number of rotatable bonds is 11. The third-order valence-corrected chi connectivity index (χ3v) is 5.32. The second-order valence-electron chi connectivity index (χ2n) is 7.82. The quantitative estimate of drug-likeness (QED) is 0.224. The van der Waals surface area contributed by atoms with Gasteiger partial charge in [-0.2, -0.15) is 5.26 Å². The lowest BCUT2D eigenvalue weighted by molar-refractivity contribution is -0.117. The third-order valence-electron chi connectivity index (χ3n) is 5.32. The number of nitriles is 1. The Morgan fingerprint density at radius 3 is 2.36 bits per heavy atom. The summed E-state index contributed by atoms with van der Waals surface area (Å²) in [5.41, 5.74) is 3.00. The number of benzene rings is 3. The Labute approximate surface area is 210 Å². The molecule has 0 unspecified atom stereocenters. The minimum absolute atomic E-state index is 0.0462. The predicted molar refractivity (Wildman–Crippen MR) is 136 cm³/mol. The van der Waals surface area contributed by atoms with E-state index >= 15 is 0 Å². The van der Waals surface area contributed by atoms with Gasteiger partial charge in [-0.15, -0.1) is 6.58 Å². The summed E-state index contributed by atoms with van der Waals surface area (Å²) in [4.78, 5) is 12.7. The van der Waals surface area contributed by atoms with Crippen LogP contribution in [-0.2, 0) is 24.4 Å². The number of ether oxygens (including phenoxy) is 3. The summed E-state index contributed by atoms with van der Waals surface area (Å²) in [5, 5.41) is 12.4. The van der Waals surface area contributed by atoms with Crippen molar-refractivity contribution in [3.8, 4) is 23.3 Å². The molecule has 6 nitrogen and oxygen atoms in total. The zero-order chi connectivity index (χ0) is 25.9. The standard InChI is InChI=1S/C29H27FN2O4/c1-4-5-23-14-22(16-27(35-3)28(23)36-19-21-6-10-25(30)11-7-21)15-24(17-31)29(33)32-18-20-8-12-26(34-2)13-9-20/h4,6-16H,1,5,18-19H2,2-3H3,(H,32,33)/b24-15-. The molecule has 0 atom stereocenters.